The average molecular weight is 411 g/mol. The van der Waals surface area contributed by atoms with E-state index in [1.807, 2.05) is 0 Å². The van der Waals surface area contributed by atoms with E-state index in [1.54, 1.807) is 30.3 Å². The zero-order chi connectivity index (χ0) is 18.9. The van der Waals surface area contributed by atoms with Crippen molar-refractivity contribution in [3.8, 4) is 5.75 Å². The normalized spacial score (nSPS) is 11.5. The minimum atomic E-state index is -3.84. The number of carbonyl (C=O) groups is 1. The van der Waals surface area contributed by atoms with Crippen molar-refractivity contribution in [2.75, 3.05) is 4.72 Å². The van der Waals surface area contributed by atoms with Crippen molar-refractivity contribution >= 4 is 55.3 Å². The number of benzene rings is 2. The van der Waals surface area contributed by atoms with E-state index in [-0.39, 0.29) is 33.1 Å². The summed E-state index contributed by atoms with van der Waals surface area (Å²) in [5, 5.41) is 13.7. The minimum Gasteiger partial charge on any atom is -0.506 e. The molecule has 26 heavy (non-hydrogen) atoms. The summed E-state index contributed by atoms with van der Waals surface area (Å²) in [5.74, 6) is -0.287. The number of hydrogen-bond donors (Lipinski definition) is 3. The van der Waals surface area contributed by atoms with E-state index in [1.165, 1.54) is 19.1 Å². The van der Waals surface area contributed by atoms with Crippen molar-refractivity contribution in [3.05, 3.63) is 52.4 Å². The lowest BCUT2D eigenvalue weighted by atomic mass is 10.1. The van der Waals surface area contributed by atoms with E-state index in [0.29, 0.717) is 15.6 Å². The molecule has 0 radical (unpaired) electrons. The fraction of sp³-hybridized carbons (Fsp3) is 0.118. The maximum absolute atomic E-state index is 12.7. The molecule has 1 amide bonds. The van der Waals surface area contributed by atoms with Crippen LogP contribution in [0.1, 0.15) is 11.8 Å². The molecule has 0 saturated heterocycles. The van der Waals surface area contributed by atoms with Gasteiger partial charge in [-0.25, -0.2) is 8.42 Å². The molecule has 0 aliphatic rings. The van der Waals surface area contributed by atoms with Crippen molar-refractivity contribution in [2.24, 2.45) is 0 Å². The highest BCUT2D eigenvalue weighted by Gasteiger charge is 2.20. The SMILES string of the molecule is CC(=O)NCc1ccc(S(=O)(=O)Nc2cc(Cl)c(O)c3ccccc23)s1. The van der Waals surface area contributed by atoms with Crippen LogP contribution in [0.25, 0.3) is 10.8 Å². The van der Waals surface area contributed by atoms with Crippen LogP contribution in [0.2, 0.25) is 5.02 Å². The molecule has 0 atom stereocenters. The van der Waals surface area contributed by atoms with E-state index in [2.05, 4.69) is 10.0 Å². The van der Waals surface area contributed by atoms with Crippen LogP contribution in [0.15, 0.2) is 46.7 Å². The molecule has 2 aromatic carbocycles. The number of fused-ring (bicyclic) bond motifs is 1. The van der Waals surface area contributed by atoms with E-state index in [0.717, 1.165) is 11.3 Å². The number of phenols is 1. The van der Waals surface area contributed by atoms with Crippen LogP contribution >= 0.6 is 22.9 Å². The highest BCUT2D eigenvalue weighted by Crippen LogP contribution is 2.38. The third-order valence-electron chi connectivity index (χ3n) is 3.63. The van der Waals surface area contributed by atoms with Gasteiger partial charge in [0.2, 0.25) is 5.91 Å². The average Bonchev–Trinajstić information content (AvgIpc) is 3.07. The van der Waals surface area contributed by atoms with Crippen LogP contribution in [0.5, 0.6) is 5.75 Å². The zero-order valence-electron chi connectivity index (χ0n) is 13.6. The van der Waals surface area contributed by atoms with Gasteiger partial charge in [0.1, 0.15) is 9.96 Å². The second-order valence-corrected chi connectivity index (χ2v) is 9.02. The van der Waals surface area contributed by atoms with Crippen molar-refractivity contribution in [2.45, 2.75) is 17.7 Å². The fourth-order valence-corrected chi connectivity index (χ4v) is 4.99. The van der Waals surface area contributed by atoms with Gasteiger partial charge in [0.25, 0.3) is 10.0 Å². The number of anilines is 1. The summed E-state index contributed by atoms with van der Waals surface area (Å²) < 4.78 is 28.0. The summed E-state index contributed by atoms with van der Waals surface area (Å²) in [6.07, 6.45) is 0. The first-order chi connectivity index (χ1) is 12.3. The summed E-state index contributed by atoms with van der Waals surface area (Å²) in [5.41, 5.74) is 0.278. The predicted octanol–water partition coefficient (Wildman–Crippen LogP) is 3.70. The van der Waals surface area contributed by atoms with Gasteiger partial charge in [-0.3, -0.25) is 9.52 Å². The molecule has 3 rings (SSSR count). The van der Waals surface area contributed by atoms with Gasteiger partial charge in [-0.15, -0.1) is 11.3 Å². The van der Waals surface area contributed by atoms with Gasteiger partial charge in [0.15, 0.2) is 0 Å². The lowest BCUT2D eigenvalue weighted by Gasteiger charge is -2.12. The molecule has 3 aromatic rings. The topological polar surface area (TPSA) is 95.5 Å². The third kappa shape index (κ3) is 3.77. The Hall–Kier alpha value is -2.29. The van der Waals surface area contributed by atoms with Crippen LogP contribution < -0.4 is 10.0 Å². The van der Waals surface area contributed by atoms with Gasteiger partial charge in [0.05, 0.1) is 17.3 Å². The first-order valence-corrected chi connectivity index (χ1v) is 10.2. The molecule has 0 saturated carbocycles. The van der Waals surface area contributed by atoms with Gasteiger partial charge in [-0.05, 0) is 18.2 Å². The molecule has 0 aliphatic heterocycles. The molecule has 0 aliphatic carbocycles. The molecule has 3 N–H and O–H groups in total. The molecular formula is C17H15ClN2O4S2. The number of phenolic OH excluding ortho intramolecular Hbond substituents is 1. The number of sulfonamides is 1. The summed E-state index contributed by atoms with van der Waals surface area (Å²) in [7, 11) is -3.84. The number of hydrogen-bond acceptors (Lipinski definition) is 5. The second-order valence-electron chi connectivity index (χ2n) is 5.54. The Morgan fingerprint density at radius 1 is 1.19 bits per heavy atom. The number of halogens is 1. The first-order valence-electron chi connectivity index (χ1n) is 7.54. The fourth-order valence-electron chi connectivity index (χ4n) is 2.41. The Kier molecular flexibility index (Phi) is 5.08. The van der Waals surface area contributed by atoms with Gasteiger partial charge in [0, 0.05) is 22.6 Å². The van der Waals surface area contributed by atoms with Crippen LogP contribution in [0, 0.1) is 0 Å². The quantitative estimate of drug-likeness (QED) is 0.559. The Morgan fingerprint density at radius 3 is 2.58 bits per heavy atom. The maximum Gasteiger partial charge on any atom is 0.271 e. The van der Waals surface area contributed by atoms with Crippen LogP contribution in [-0.2, 0) is 21.4 Å². The molecule has 0 unspecified atom stereocenters. The molecular weight excluding hydrogens is 396 g/mol. The van der Waals surface area contributed by atoms with Crippen molar-refractivity contribution in [3.63, 3.8) is 0 Å². The molecule has 0 bridgehead atoms. The van der Waals surface area contributed by atoms with E-state index >= 15 is 0 Å². The van der Waals surface area contributed by atoms with Gasteiger partial charge < -0.3 is 10.4 Å². The maximum atomic E-state index is 12.7. The molecule has 0 fully saturated rings. The molecule has 6 nitrogen and oxygen atoms in total. The number of thiophene rings is 1. The largest absolute Gasteiger partial charge is 0.506 e. The number of amides is 1. The summed E-state index contributed by atoms with van der Waals surface area (Å²) in [6.45, 7) is 1.66. The van der Waals surface area contributed by atoms with Gasteiger partial charge >= 0.3 is 0 Å². The summed E-state index contributed by atoms with van der Waals surface area (Å²) in [4.78, 5) is 11.7. The molecule has 136 valence electrons. The Morgan fingerprint density at radius 2 is 1.88 bits per heavy atom. The van der Waals surface area contributed by atoms with Gasteiger partial charge in [-0.2, -0.15) is 0 Å². The lowest BCUT2D eigenvalue weighted by Crippen LogP contribution is -2.18. The standard InChI is InChI=1S/C17H15ClN2O4S2/c1-10(21)19-9-11-6-7-16(25-11)26(23,24)20-15-8-14(18)17(22)13-5-3-2-4-12(13)15/h2-8,20,22H,9H2,1H3,(H,19,21). The number of nitrogens with one attached hydrogen (secondary N) is 2. The smallest absolute Gasteiger partial charge is 0.271 e. The molecule has 0 spiro atoms. The van der Waals surface area contributed by atoms with Crippen LogP contribution in [0.4, 0.5) is 5.69 Å². The Labute approximate surface area is 159 Å². The number of rotatable bonds is 5. The van der Waals surface area contributed by atoms with Crippen molar-refractivity contribution < 1.29 is 18.3 Å². The third-order valence-corrected chi connectivity index (χ3v) is 6.86. The molecule has 1 aromatic heterocycles. The van der Waals surface area contributed by atoms with E-state index in [4.69, 9.17) is 11.6 Å². The zero-order valence-corrected chi connectivity index (χ0v) is 16.0. The first kappa shape index (κ1) is 18.5. The highest BCUT2D eigenvalue weighted by atomic mass is 35.5. The second kappa shape index (κ2) is 7.14. The molecule has 9 heteroatoms. The predicted molar refractivity (Wildman–Crippen MR) is 103 cm³/mol. The highest BCUT2D eigenvalue weighted by molar-refractivity contribution is 7.94. The molecule has 1 heterocycles. The monoisotopic (exact) mass is 410 g/mol. The van der Waals surface area contributed by atoms with E-state index in [9.17, 15) is 18.3 Å². The summed E-state index contributed by atoms with van der Waals surface area (Å²) >= 11 is 7.09. The summed E-state index contributed by atoms with van der Waals surface area (Å²) in [6, 6.07) is 11.3. The Balaban J connectivity index is 1.94. The van der Waals surface area contributed by atoms with Crippen LogP contribution in [-0.4, -0.2) is 19.4 Å². The number of carbonyl (C=O) groups excluding carboxylic acids is 1. The van der Waals surface area contributed by atoms with Crippen molar-refractivity contribution in [1.82, 2.24) is 5.32 Å². The van der Waals surface area contributed by atoms with Crippen LogP contribution in [0.3, 0.4) is 0 Å². The van der Waals surface area contributed by atoms with Gasteiger partial charge in [-0.1, -0.05) is 35.9 Å². The number of aromatic hydroxyl groups is 1. The Bertz CT molecular complexity index is 1090. The minimum absolute atomic E-state index is 0.0546. The van der Waals surface area contributed by atoms with Crippen molar-refractivity contribution in [1.29, 1.82) is 0 Å². The lowest BCUT2D eigenvalue weighted by molar-refractivity contribution is -0.119. The van der Waals surface area contributed by atoms with E-state index < -0.39 is 10.0 Å².